The molecule has 0 aliphatic rings. The Balaban J connectivity index is 3.21. The van der Waals surface area contributed by atoms with Crippen molar-refractivity contribution in [1.82, 2.24) is 0 Å². The number of carbonyl (C=O) groups excluding carboxylic acids is 1. The van der Waals surface area contributed by atoms with Crippen LogP contribution in [0.5, 0.6) is 0 Å². The molecule has 0 aromatic rings. The zero-order chi connectivity index (χ0) is 7.98. The van der Waals surface area contributed by atoms with Crippen LogP contribution < -0.4 is 0 Å². The molecule has 1 unspecified atom stereocenters. The highest BCUT2D eigenvalue weighted by atomic mass is 32.1. The smallest absolute Gasteiger partial charge is 0.302 e. The van der Waals surface area contributed by atoms with Crippen LogP contribution in [0.4, 0.5) is 0 Å². The summed E-state index contributed by atoms with van der Waals surface area (Å²) in [6.07, 6.45) is 0.861. The second-order valence-electron chi connectivity index (χ2n) is 1.97. The molecule has 0 aromatic heterocycles. The van der Waals surface area contributed by atoms with Crippen LogP contribution in [0.1, 0.15) is 13.3 Å². The highest BCUT2D eigenvalue weighted by Crippen LogP contribution is 2.02. The Morgan fingerprint density at radius 3 is 2.70 bits per heavy atom. The van der Waals surface area contributed by atoms with Gasteiger partial charge < -0.3 is 4.74 Å². The molecule has 0 saturated heterocycles. The maximum absolute atomic E-state index is 10.3. The van der Waals surface area contributed by atoms with Gasteiger partial charge in [-0.25, -0.2) is 0 Å². The Hall–Kier alpha value is 0.170. The fourth-order valence-electron chi connectivity index (χ4n) is 0.446. The van der Waals surface area contributed by atoms with E-state index < -0.39 is 0 Å². The third-order valence-corrected chi connectivity index (χ3v) is 1.61. The topological polar surface area (TPSA) is 26.3 Å². The molecule has 1 atom stereocenters. The molecular formula is C6H12O2S2. The highest BCUT2D eigenvalue weighted by Gasteiger charge is 2.02. The van der Waals surface area contributed by atoms with E-state index in [0.29, 0.717) is 6.61 Å². The predicted octanol–water partition coefficient (Wildman–Crippen LogP) is 1.17. The second kappa shape index (κ2) is 5.92. The number of esters is 1. The second-order valence-corrected chi connectivity index (χ2v) is 3.15. The van der Waals surface area contributed by atoms with Crippen LogP contribution in [0.25, 0.3) is 0 Å². The predicted molar refractivity (Wildman–Crippen MR) is 47.9 cm³/mol. The Bertz CT molecular complexity index is 106. The van der Waals surface area contributed by atoms with Crippen LogP contribution in [0.3, 0.4) is 0 Å². The van der Waals surface area contributed by atoms with Crippen LogP contribution in [-0.4, -0.2) is 23.6 Å². The lowest BCUT2D eigenvalue weighted by Crippen LogP contribution is -2.12. The zero-order valence-electron chi connectivity index (χ0n) is 5.91. The van der Waals surface area contributed by atoms with Crippen molar-refractivity contribution in [2.75, 3.05) is 12.4 Å². The minimum atomic E-state index is -0.252. The van der Waals surface area contributed by atoms with Gasteiger partial charge >= 0.3 is 5.97 Å². The summed E-state index contributed by atoms with van der Waals surface area (Å²) in [6.45, 7) is 1.78. The van der Waals surface area contributed by atoms with E-state index in [4.69, 9.17) is 4.74 Å². The molecule has 60 valence electrons. The van der Waals surface area contributed by atoms with E-state index in [1.54, 1.807) is 0 Å². The van der Waals surface area contributed by atoms with E-state index >= 15 is 0 Å². The number of carbonyl (C=O) groups is 1. The Kier molecular flexibility index (Phi) is 6.02. The largest absolute Gasteiger partial charge is 0.465 e. The van der Waals surface area contributed by atoms with Crippen molar-refractivity contribution in [3.63, 3.8) is 0 Å². The number of rotatable bonds is 4. The third-order valence-electron chi connectivity index (χ3n) is 0.941. The van der Waals surface area contributed by atoms with Gasteiger partial charge in [0.2, 0.25) is 0 Å². The molecule has 4 heteroatoms. The lowest BCUT2D eigenvalue weighted by Gasteiger charge is -2.07. The van der Waals surface area contributed by atoms with Crippen molar-refractivity contribution in [3.05, 3.63) is 0 Å². The summed E-state index contributed by atoms with van der Waals surface area (Å²) in [5.74, 6) is 0.522. The monoisotopic (exact) mass is 180 g/mol. The average Bonchev–Trinajstić information content (AvgIpc) is 1.85. The van der Waals surface area contributed by atoms with Gasteiger partial charge in [0, 0.05) is 12.2 Å². The minimum Gasteiger partial charge on any atom is -0.465 e. The van der Waals surface area contributed by atoms with Crippen LogP contribution >= 0.6 is 25.3 Å². The van der Waals surface area contributed by atoms with Gasteiger partial charge in [-0.05, 0) is 12.2 Å². The van der Waals surface area contributed by atoms with Gasteiger partial charge in [0.15, 0.2) is 0 Å². The summed E-state index contributed by atoms with van der Waals surface area (Å²) in [7, 11) is 0. The van der Waals surface area contributed by atoms with Crippen molar-refractivity contribution in [2.24, 2.45) is 0 Å². The molecule has 0 spiro atoms. The lowest BCUT2D eigenvalue weighted by atomic mass is 10.3. The first-order valence-corrected chi connectivity index (χ1v) is 4.24. The first-order valence-electron chi connectivity index (χ1n) is 3.09. The third kappa shape index (κ3) is 6.29. The van der Waals surface area contributed by atoms with Gasteiger partial charge in [-0.15, -0.1) is 0 Å². The van der Waals surface area contributed by atoms with E-state index in [1.165, 1.54) is 6.92 Å². The number of hydrogen-bond acceptors (Lipinski definition) is 4. The molecule has 0 aliphatic carbocycles. The molecule has 0 aliphatic heterocycles. The first-order chi connectivity index (χ1) is 4.66. The maximum Gasteiger partial charge on any atom is 0.302 e. The van der Waals surface area contributed by atoms with Crippen molar-refractivity contribution in [3.8, 4) is 0 Å². The van der Waals surface area contributed by atoms with E-state index in [2.05, 4.69) is 25.3 Å². The molecule has 0 heterocycles. The Labute approximate surface area is 72.1 Å². The van der Waals surface area contributed by atoms with Gasteiger partial charge in [-0.1, -0.05) is 0 Å². The SMILES string of the molecule is CC(=O)OCC(S)CCS. The van der Waals surface area contributed by atoms with Crippen molar-refractivity contribution >= 4 is 31.2 Å². The molecule has 0 aromatic carbocycles. The van der Waals surface area contributed by atoms with Crippen molar-refractivity contribution < 1.29 is 9.53 Å². The van der Waals surface area contributed by atoms with Crippen molar-refractivity contribution in [2.45, 2.75) is 18.6 Å². The van der Waals surface area contributed by atoms with Crippen molar-refractivity contribution in [1.29, 1.82) is 0 Å². The van der Waals surface area contributed by atoms with Crippen LogP contribution in [0.15, 0.2) is 0 Å². The zero-order valence-corrected chi connectivity index (χ0v) is 7.70. The van der Waals surface area contributed by atoms with Gasteiger partial charge in [-0.3, -0.25) is 4.79 Å². The first kappa shape index (κ1) is 10.2. The summed E-state index contributed by atoms with van der Waals surface area (Å²) in [4.78, 5) is 10.3. The summed E-state index contributed by atoms with van der Waals surface area (Å²) < 4.78 is 4.71. The quantitative estimate of drug-likeness (QED) is 0.502. The van der Waals surface area contributed by atoms with Gasteiger partial charge in [0.05, 0.1) is 0 Å². The van der Waals surface area contributed by atoms with Crippen LogP contribution in [0.2, 0.25) is 0 Å². The molecule has 0 saturated carbocycles. The highest BCUT2D eigenvalue weighted by molar-refractivity contribution is 7.81. The number of thiol groups is 2. The molecule has 0 fully saturated rings. The lowest BCUT2D eigenvalue weighted by molar-refractivity contribution is -0.140. The normalized spacial score (nSPS) is 12.7. The van der Waals surface area contributed by atoms with Crippen LogP contribution in [-0.2, 0) is 9.53 Å². The maximum atomic E-state index is 10.3. The summed E-state index contributed by atoms with van der Waals surface area (Å²) in [5, 5.41) is 0.126. The van der Waals surface area contributed by atoms with Gasteiger partial charge in [0.1, 0.15) is 6.61 Å². The molecular weight excluding hydrogens is 168 g/mol. The molecule has 10 heavy (non-hydrogen) atoms. The summed E-state index contributed by atoms with van der Waals surface area (Å²) in [6, 6.07) is 0. The molecule has 0 amide bonds. The number of ether oxygens (including phenoxy) is 1. The fourth-order valence-corrected chi connectivity index (χ4v) is 1.16. The Morgan fingerprint density at radius 2 is 2.30 bits per heavy atom. The van der Waals surface area contributed by atoms with Gasteiger partial charge in [0.25, 0.3) is 0 Å². The van der Waals surface area contributed by atoms with E-state index in [-0.39, 0.29) is 11.2 Å². The molecule has 0 radical (unpaired) electrons. The Morgan fingerprint density at radius 1 is 1.70 bits per heavy atom. The van der Waals surface area contributed by atoms with Gasteiger partial charge in [-0.2, -0.15) is 25.3 Å². The minimum absolute atomic E-state index is 0.126. The molecule has 0 N–H and O–H groups in total. The molecule has 0 bridgehead atoms. The van der Waals surface area contributed by atoms with Crippen LogP contribution in [0, 0.1) is 0 Å². The number of hydrogen-bond donors (Lipinski definition) is 2. The average molecular weight is 180 g/mol. The fraction of sp³-hybridized carbons (Fsp3) is 0.833. The van der Waals surface area contributed by atoms with E-state index in [0.717, 1.165) is 12.2 Å². The summed E-state index contributed by atoms with van der Waals surface area (Å²) in [5.41, 5.74) is 0. The molecule has 2 nitrogen and oxygen atoms in total. The standard InChI is InChI=1S/C6H12O2S2/c1-5(7)8-4-6(10)2-3-9/h6,9-10H,2-4H2,1H3. The summed E-state index contributed by atoms with van der Waals surface area (Å²) >= 11 is 8.17. The van der Waals surface area contributed by atoms with E-state index in [9.17, 15) is 4.79 Å². The molecule has 0 rings (SSSR count). The van der Waals surface area contributed by atoms with E-state index in [1.807, 2.05) is 0 Å².